The van der Waals surface area contributed by atoms with Crippen LogP contribution >= 0.6 is 0 Å². The predicted molar refractivity (Wildman–Crippen MR) is 56.9 cm³/mol. The van der Waals surface area contributed by atoms with Gasteiger partial charge in [-0.1, -0.05) is 0 Å². The fraction of sp³-hybridized carbons (Fsp3) is 0.100. The molecule has 2 heterocycles. The highest BCUT2D eigenvalue weighted by Gasteiger charge is 2.10. The Balaban J connectivity index is 2.58. The number of hydrogen-bond acceptors (Lipinski definition) is 6. The van der Waals surface area contributed by atoms with Crippen LogP contribution in [0.3, 0.4) is 0 Å². The first-order valence-corrected chi connectivity index (χ1v) is 4.53. The molecule has 2 rings (SSSR count). The molecule has 0 amide bonds. The number of aryl methyl sites for hydroxylation is 1. The number of aromatic nitrogens is 4. The minimum absolute atomic E-state index is 0.163. The Morgan fingerprint density at radius 1 is 1.31 bits per heavy atom. The average molecular weight is 212 g/mol. The molecule has 0 spiro atoms. The first-order valence-electron chi connectivity index (χ1n) is 4.53. The zero-order valence-corrected chi connectivity index (χ0v) is 8.55. The summed E-state index contributed by atoms with van der Waals surface area (Å²) in [5.41, 5.74) is 7.01. The van der Waals surface area contributed by atoms with Gasteiger partial charge in [-0.15, -0.1) is 0 Å². The highest BCUT2D eigenvalue weighted by molar-refractivity contribution is 5.57. The van der Waals surface area contributed by atoms with Crippen LogP contribution in [0.5, 0.6) is 0 Å². The van der Waals surface area contributed by atoms with Crippen molar-refractivity contribution in [3.63, 3.8) is 0 Å². The Kier molecular flexibility index (Phi) is 2.44. The fourth-order valence-electron chi connectivity index (χ4n) is 1.26. The molecule has 0 aliphatic carbocycles. The van der Waals surface area contributed by atoms with Gasteiger partial charge in [0.05, 0.1) is 11.9 Å². The molecular formula is C10H8N6. The minimum atomic E-state index is 0.163. The van der Waals surface area contributed by atoms with Crippen LogP contribution in [0.4, 0.5) is 5.82 Å². The SMILES string of the molecule is Cc1nc(-c2cnccn2)nc(N)c1C#N. The van der Waals surface area contributed by atoms with E-state index in [0.29, 0.717) is 22.8 Å². The number of anilines is 1. The van der Waals surface area contributed by atoms with Crippen molar-refractivity contribution in [1.82, 2.24) is 19.9 Å². The summed E-state index contributed by atoms with van der Waals surface area (Å²) in [6.07, 6.45) is 4.64. The second-order valence-corrected chi connectivity index (χ2v) is 3.10. The summed E-state index contributed by atoms with van der Waals surface area (Å²) in [5.74, 6) is 0.540. The first-order chi connectivity index (χ1) is 7.72. The Hall–Kier alpha value is -2.55. The van der Waals surface area contributed by atoms with Crippen LogP contribution in [0.25, 0.3) is 11.5 Å². The summed E-state index contributed by atoms with van der Waals surface area (Å²) >= 11 is 0. The lowest BCUT2D eigenvalue weighted by atomic mass is 10.2. The summed E-state index contributed by atoms with van der Waals surface area (Å²) in [4.78, 5) is 16.2. The molecule has 2 aromatic rings. The smallest absolute Gasteiger partial charge is 0.182 e. The number of nitriles is 1. The summed E-state index contributed by atoms with van der Waals surface area (Å²) in [6, 6.07) is 1.96. The van der Waals surface area contributed by atoms with Crippen molar-refractivity contribution in [1.29, 1.82) is 5.26 Å². The van der Waals surface area contributed by atoms with Crippen molar-refractivity contribution in [2.75, 3.05) is 5.73 Å². The van der Waals surface area contributed by atoms with E-state index in [9.17, 15) is 0 Å². The quantitative estimate of drug-likeness (QED) is 0.746. The molecular weight excluding hydrogens is 204 g/mol. The van der Waals surface area contributed by atoms with Crippen LogP contribution in [-0.2, 0) is 0 Å². The van der Waals surface area contributed by atoms with Crippen LogP contribution in [-0.4, -0.2) is 19.9 Å². The molecule has 0 unspecified atom stereocenters. The van der Waals surface area contributed by atoms with Gasteiger partial charge >= 0.3 is 0 Å². The number of nitrogens with zero attached hydrogens (tertiary/aromatic N) is 5. The number of hydrogen-bond donors (Lipinski definition) is 1. The van der Waals surface area contributed by atoms with Crippen LogP contribution in [0.2, 0.25) is 0 Å². The van der Waals surface area contributed by atoms with E-state index in [-0.39, 0.29) is 5.82 Å². The van der Waals surface area contributed by atoms with Gasteiger partial charge in [-0.3, -0.25) is 4.98 Å². The van der Waals surface area contributed by atoms with Crippen LogP contribution in [0.15, 0.2) is 18.6 Å². The third-order valence-corrected chi connectivity index (χ3v) is 2.02. The maximum atomic E-state index is 8.82. The van der Waals surface area contributed by atoms with Gasteiger partial charge in [0.25, 0.3) is 0 Å². The Bertz CT molecular complexity index is 534. The zero-order chi connectivity index (χ0) is 11.5. The largest absolute Gasteiger partial charge is 0.382 e. The predicted octanol–water partition coefficient (Wildman–Crippen LogP) is 0.696. The van der Waals surface area contributed by atoms with E-state index >= 15 is 0 Å². The van der Waals surface area contributed by atoms with Gasteiger partial charge in [0.15, 0.2) is 5.82 Å². The van der Waals surface area contributed by atoms with Gasteiger partial charge in [0, 0.05) is 12.4 Å². The van der Waals surface area contributed by atoms with Crippen LogP contribution < -0.4 is 5.73 Å². The highest BCUT2D eigenvalue weighted by Crippen LogP contribution is 2.17. The van der Waals surface area contributed by atoms with Crippen molar-refractivity contribution in [3.05, 3.63) is 29.8 Å². The normalized spacial score (nSPS) is 9.75. The maximum absolute atomic E-state index is 8.82. The molecule has 0 aromatic carbocycles. The molecule has 0 aliphatic rings. The van der Waals surface area contributed by atoms with Crippen molar-refractivity contribution >= 4 is 5.82 Å². The standard InChI is InChI=1S/C10H8N6/c1-6-7(4-11)9(12)16-10(15-6)8-5-13-2-3-14-8/h2-3,5H,1H3,(H2,12,15,16). The number of nitrogen functional groups attached to an aromatic ring is 1. The van der Waals surface area contributed by atoms with E-state index in [1.807, 2.05) is 6.07 Å². The molecule has 0 radical (unpaired) electrons. The van der Waals surface area contributed by atoms with Gasteiger partial charge in [0.1, 0.15) is 23.1 Å². The molecule has 0 aliphatic heterocycles. The molecule has 2 N–H and O–H groups in total. The van der Waals surface area contributed by atoms with Gasteiger partial charge in [-0.05, 0) is 6.92 Å². The summed E-state index contributed by atoms with van der Waals surface area (Å²) in [6.45, 7) is 1.70. The molecule has 0 fully saturated rings. The van der Waals surface area contributed by atoms with Gasteiger partial charge in [0.2, 0.25) is 0 Å². The molecule has 6 nitrogen and oxygen atoms in total. The molecule has 78 valence electrons. The lowest BCUT2D eigenvalue weighted by Crippen LogP contribution is -2.03. The maximum Gasteiger partial charge on any atom is 0.182 e. The third kappa shape index (κ3) is 1.66. The minimum Gasteiger partial charge on any atom is -0.382 e. The lowest BCUT2D eigenvalue weighted by Gasteiger charge is -2.03. The van der Waals surface area contributed by atoms with Gasteiger partial charge in [-0.25, -0.2) is 15.0 Å². The summed E-state index contributed by atoms with van der Waals surface area (Å²) < 4.78 is 0. The monoisotopic (exact) mass is 212 g/mol. The van der Waals surface area contributed by atoms with E-state index < -0.39 is 0 Å². The summed E-state index contributed by atoms with van der Waals surface area (Å²) in [7, 11) is 0. The topological polar surface area (TPSA) is 101 Å². The van der Waals surface area contributed by atoms with E-state index in [1.54, 1.807) is 25.5 Å². The van der Waals surface area contributed by atoms with Crippen molar-refractivity contribution in [2.45, 2.75) is 6.92 Å². The van der Waals surface area contributed by atoms with E-state index in [4.69, 9.17) is 11.0 Å². The van der Waals surface area contributed by atoms with Crippen molar-refractivity contribution < 1.29 is 0 Å². The molecule has 0 bridgehead atoms. The van der Waals surface area contributed by atoms with Gasteiger partial charge < -0.3 is 5.73 Å². The molecule has 0 saturated carbocycles. The van der Waals surface area contributed by atoms with Gasteiger partial charge in [-0.2, -0.15) is 5.26 Å². The molecule has 0 atom stereocenters. The molecule has 6 heteroatoms. The molecule has 2 aromatic heterocycles. The van der Waals surface area contributed by atoms with Crippen molar-refractivity contribution in [3.8, 4) is 17.6 Å². The van der Waals surface area contributed by atoms with Crippen LogP contribution in [0, 0.1) is 18.3 Å². The second-order valence-electron chi connectivity index (χ2n) is 3.10. The van der Waals surface area contributed by atoms with E-state index in [2.05, 4.69) is 19.9 Å². The Morgan fingerprint density at radius 2 is 2.12 bits per heavy atom. The van der Waals surface area contributed by atoms with E-state index in [1.165, 1.54) is 0 Å². The average Bonchev–Trinajstić information content (AvgIpc) is 2.30. The second kappa shape index (κ2) is 3.90. The van der Waals surface area contributed by atoms with Crippen molar-refractivity contribution in [2.24, 2.45) is 0 Å². The molecule has 16 heavy (non-hydrogen) atoms. The lowest BCUT2D eigenvalue weighted by molar-refractivity contribution is 1.07. The Morgan fingerprint density at radius 3 is 2.69 bits per heavy atom. The highest BCUT2D eigenvalue weighted by atomic mass is 15.0. The Labute approximate surface area is 91.8 Å². The first kappa shape index (κ1) is 9.98. The van der Waals surface area contributed by atoms with E-state index in [0.717, 1.165) is 0 Å². The summed E-state index contributed by atoms with van der Waals surface area (Å²) in [5, 5.41) is 8.82. The van der Waals surface area contributed by atoms with Crippen LogP contribution in [0.1, 0.15) is 11.3 Å². The number of rotatable bonds is 1. The number of nitrogens with two attached hydrogens (primary N) is 1. The zero-order valence-electron chi connectivity index (χ0n) is 8.55. The molecule has 0 saturated heterocycles. The fourth-order valence-corrected chi connectivity index (χ4v) is 1.26. The third-order valence-electron chi connectivity index (χ3n) is 2.02.